The lowest BCUT2D eigenvalue weighted by Crippen LogP contribution is -2.53. The third-order valence-electron chi connectivity index (χ3n) is 6.85. The largest absolute Gasteiger partial charge is 0.480 e. The second kappa shape index (κ2) is 7.41. The molecule has 0 unspecified atom stereocenters. The van der Waals surface area contributed by atoms with Gasteiger partial charge in [-0.2, -0.15) is 0 Å². The van der Waals surface area contributed by atoms with Gasteiger partial charge in [0.15, 0.2) is 0 Å². The van der Waals surface area contributed by atoms with Crippen molar-refractivity contribution in [1.82, 2.24) is 9.80 Å². The summed E-state index contributed by atoms with van der Waals surface area (Å²) in [4.78, 5) is 40.0. The zero-order chi connectivity index (χ0) is 21.6. The number of carboxylic acid groups (broad SMARTS) is 1. The predicted octanol–water partition coefficient (Wildman–Crippen LogP) is 3.09. The van der Waals surface area contributed by atoms with Crippen LogP contribution < -0.4 is 0 Å². The Bertz CT molecular complexity index is 1020. The molecule has 31 heavy (non-hydrogen) atoms. The summed E-state index contributed by atoms with van der Waals surface area (Å²) in [6, 6.07) is 16.3. The SMILES string of the molecule is O=C(O)CN1CC[C@@]2(CCCN2C(=O)OCC2c3ccccc3-c3ccccc32)C1=O. The topological polar surface area (TPSA) is 87.2 Å². The lowest BCUT2D eigenvalue weighted by atomic mass is 9.94. The molecule has 0 aromatic heterocycles. The molecule has 3 aliphatic rings. The molecule has 1 N–H and O–H groups in total. The average molecular weight is 420 g/mol. The quantitative estimate of drug-likeness (QED) is 0.821. The van der Waals surface area contributed by atoms with Gasteiger partial charge in [0, 0.05) is 19.0 Å². The molecule has 1 spiro atoms. The van der Waals surface area contributed by atoms with E-state index in [0.29, 0.717) is 32.4 Å². The molecule has 2 saturated heterocycles. The number of carbonyl (C=O) groups excluding carboxylic acids is 2. The maximum absolute atomic E-state index is 13.1. The van der Waals surface area contributed by atoms with Gasteiger partial charge in [-0.25, -0.2) is 4.79 Å². The highest BCUT2D eigenvalue weighted by Crippen LogP contribution is 2.45. The second-order valence-electron chi connectivity index (χ2n) is 8.46. The Morgan fingerprint density at radius 2 is 1.65 bits per heavy atom. The van der Waals surface area contributed by atoms with Gasteiger partial charge in [-0.15, -0.1) is 0 Å². The molecular formula is C24H24N2O5. The van der Waals surface area contributed by atoms with Crippen LogP contribution in [0.4, 0.5) is 4.79 Å². The summed E-state index contributed by atoms with van der Waals surface area (Å²) in [5.74, 6) is -1.37. The molecule has 2 aliphatic heterocycles. The van der Waals surface area contributed by atoms with Crippen LogP contribution in [0.15, 0.2) is 48.5 Å². The van der Waals surface area contributed by atoms with Crippen molar-refractivity contribution >= 4 is 18.0 Å². The van der Waals surface area contributed by atoms with Gasteiger partial charge in [0.05, 0.1) is 0 Å². The number of benzene rings is 2. The van der Waals surface area contributed by atoms with Gasteiger partial charge >= 0.3 is 12.1 Å². The Morgan fingerprint density at radius 3 is 2.29 bits per heavy atom. The molecule has 2 heterocycles. The molecule has 1 aliphatic carbocycles. The van der Waals surface area contributed by atoms with Crippen LogP contribution in [0.1, 0.15) is 36.3 Å². The number of carboxylic acids is 1. The van der Waals surface area contributed by atoms with Gasteiger partial charge in [-0.3, -0.25) is 14.5 Å². The summed E-state index contributed by atoms with van der Waals surface area (Å²) in [7, 11) is 0. The lowest BCUT2D eigenvalue weighted by Gasteiger charge is -2.32. The van der Waals surface area contributed by atoms with Crippen molar-refractivity contribution in [3.05, 3.63) is 59.7 Å². The number of aliphatic carboxylic acids is 1. The molecule has 2 aromatic rings. The number of amides is 2. The summed E-state index contributed by atoms with van der Waals surface area (Å²) < 4.78 is 5.77. The minimum absolute atomic E-state index is 0.0438. The van der Waals surface area contributed by atoms with E-state index in [1.54, 1.807) is 0 Å². The minimum atomic E-state index is -1.05. The monoisotopic (exact) mass is 420 g/mol. The molecule has 1 atom stereocenters. The fourth-order valence-corrected chi connectivity index (χ4v) is 5.44. The first kappa shape index (κ1) is 19.6. The van der Waals surface area contributed by atoms with E-state index in [-0.39, 0.29) is 25.0 Å². The maximum Gasteiger partial charge on any atom is 0.410 e. The van der Waals surface area contributed by atoms with Gasteiger partial charge in [0.1, 0.15) is 18.7 Å². The number of nitrogens with zero attached hydrogens (tertiary/aromatic N) is 2. The molecule has 0 radical (unpaired) electrons. The summed E-state index contributed by atoms with van der Waals surface area (Å²) in [6.45, 7) is 0.660. The van der Waals surface area contributed by atoms with Crippen molar-refractivity contribution in [2.24, 2.45) is 0 Å². The fourth-order valence-electron chi connectivity index (χ4n) is 5.44. The predicted molar refractivity (Wildman–Crippen MR) is 113 cm³/mol. The summed E-state index contributed by atoms with van der Waals surface area (Å²) in [5.41, 5.74) is 3.63. The maximum atomic E-state index is 13.1. The Labute approximate surface area is 180 Å². The van der Waals surface area contributed by atoms with Gasteiger partial charge in [0.2, 0.25) is 5.91 Å². The number of hydrogen-bond acceptors (Lipinski definition) is 4. The first-order valence-electron chi connectivity index (χ1n) is 10.6. The van der Waals surface area contributed by atoms with E-state index in [4.69, 9.17) is 9.84 Å². The van der Waals surface area contributed by atoms with Crippen LogP contribution in [0.2, 0.25) is 0 Å². The number of ether oxygens (including phenoxy) is 1. The Hall–Kier alpha value is -3.35. The normalized spacial score (nSPS) is 22.1. The Morgan fingerprint density at radius 1 is 1.00 bits per heavy atom. The Balaban J connectivity index is 1.33. The highest BCUT2D eigenvalue weighted by atomic mass is 16.6. The molecule has 7 heteroatoms. The van der Waals surface area contributed by atoms with Gasteiger partial charge in [-0.1, -0.05) is 48.5 Å². The highest BCUT2D eigenvalue weighted by Gasteiger charge is 2.55. The second-order valence-corrected chi connectivity index (χ2v) is 8.46. The van der Waals surface area contributed by atoms with Gasteiger partial charge < -0.3 is 14.7 Å². The minimum Gasteiger partial charge on any atom is -0.480 e. The smallest absolute Gasteiger partial charge is 0.410 e. The van der Waals surface area contributed by atoms with E-state index in [9.17, 15) is 14.4 Å². The number of rotatable bonds is 4. The van der Waals surface area contributed by atoms with E-state index in [1.807, 2.05) is 24.3 Å². The zero-order valence-corrected chi connectivity index (χ0v) is 17.1. The molecule has 2 aromatic carbocycles. The van der Waals surface area contributed by atoms with Crippen LogP contribution in [0.5, 0.6) is 0 Å². The van der Waals surface area contributed by atoms with Gasteiger partial charge in [-0.05, 0) is 41.5 Å². The van der Waals surface area contributed by atoms with Crippen molar-refractivity contribution in [2.75, 3.05) is 26.2 Å². The van der Waals surface area contributed by atoms with E-state index in [0.717, 1.165) is 22.3 Å². The molecule has 2 fully saturated rings. The number of hydrogen-bond donors (Lipinski definition) is 1. The Kier molecular flexibility index (Phi) is 4.68. The first-order valence-corrected chi connectivity index (χ1v) is 10.6. The van der Waals surface area contributed by atoms with Crippen LogP contribution in [0, 0.1) is 0 Å². The zero-order valence-electron chi connectivity index (χ0n) is 17.1. The highest BCUT2D eigenvalue weighted by molar-refractivity contribution is 5.94. The standard InChI is InChI=1S/C24H24N2O5/c27-21(28)14-25-13-11-24(22(25)29)10-5-12-26(24)23(30)31-15-20-18-8-3-1-6-16(18)17-7-2-4-9-19(17)20/h1-4,6-9,20H,5,10-15H2,(H,27,28)/t24-/m0/s1. The van der Waals surface area contributed by atoms with Gasteiger partial charge in [0.25, 0.3) is 0 Å². The first-order chi connectivity index (χ1) is 15.0. The van der Waals surface area contributed by atoms with E-state index < -0.39 is 17.6 Å². The molecule has 0 saturated carbocycles. The number of fused-ring (bicyclic) bond motifs is 3. The van der Waals surface area contributed by atoms with Crippen LogP contribution >= 0.6 is 0 Å². The molecule has 7 nitrogen and oxygen atoms in total. The molecule has 5 rings (SSSR count). The number of carbonyl (C=O) groups is 3. The van der Waals surface area contributed by atoms with Crippen molar-refractivity contribution in [2.45, 2.75) is 30.7 Å². The molecule has 160 valence electrons. The van der Waals surface area contributed by atoms with Crippen LogP contribution in [0.25, 0.3) is 11.1 Å². The number of likely N-dealkylation sites (tertiary alicyclic amines) is 2. The van der Waals surface area contributed by atoms with Crippen LogP contribution in [0.3, 0.4) is 0 Å². The third-order valence-corrected chi connectivity index (χ3v) is 6.85. The van der Waals surface area contributed by atoms with Crippen LogP contribution in [-0.4, -0.2) is 64.7 Å². The van der Waals surface area contributed by atoms with E-state index in [2.05, 4.69) is 24.3 Å². The van der Waals surface area contributed by atoms with Crippen molar-refractivity contribution in [1.29, 1.82) is 0 Å². The molecular weight excluding hydrogens is 396 g/mol. The average Bonchev–Trinajstić information content (AvgIpc) is 3.43. The van der Waals surface area contributed by atoms with E-state index >= 15 is 0 Å². The third kappa shape index (κ3) is 3.07. The van der Waals surface area contributed by atoms with Crippen molar-refractivity contribution < 1.29 is 24.2 Å². The summed E-state index contributed by atoms with van der Waals surface area (Å²) in [6.07, 6.45) is 1.21. The summed E-state index contributed by atoms with van der Waals surface area (Å²) in [5, 5.41) is 9.06. The van der Waals surface area contributed by atoms with Crippen LogP contribution in [-0.2, 0) is 14.3 Å². The molecule has 0 bridgehead atoms. The van der Waals surface area contributed by atoms with Crippen molar-refractivity contribution in [3.8, 4) is 11.1 Å². The van der Waals surface area contributed by atoms with E-state index in [1.165, 1.54) is 9.80 Å². The van der Waals surface area contributed by atoms with Crippen molar-refractivity contribution in [3.63, 3.8) is 0 Å². The summed E-state index contributed by atoms with van der Waals surface area (Å²) >= 11 is 0. The lowest BCUT2D eigenvalue weighted by molar-refractivity contribution is -0.145. The fraction of sp³-hybridized carbons (Fsp3) is 0.375. The molecule has 2 amide bonds.